The highest BCUT2D eigenvalue weighted by Gasteiger charge is 2.30. The molecule has 118 valence electrons. The van der Waals surface area contributed by atoms with Gasteiger partial charge in [-0.1, -0.05) is 12.7 Å². The maximum atomic E-state index is 12.5. The third-order valence-corrected chi connectivity index (χ3v) is 3.16. The Morgan fingerprint density at radius 2 is 1.76 bits per heavy atom. The molecule has 0 unspecified atom stereocenters. The second-order valence-electron chi connectivity index (χ2n) is 4.82. The minimum Gasteiger partial charge on any atom is -0.322 e. The number of allylic oxidation sites excluding steroid dienone is 4. The molecule has 0 aromatic carbocycles. The number of hydrogen-bond acceptors (Lipinski definition) is 2. The second kappa shape index (κ2) is 7.31. The van der Waals surface area contributed by atoms with Crippen LogP contribution >= 0.6 is 0 Å². The van der Waals surface area contributed by atoms with Gasteiger partial charge < -0.3 is 15.1 Å². The van der Waals surface area contributed by atoms with Gasteiger partial charge in [-0.3, -0.25) is 0 Å². The summed E-state index contributed by atoms with van der Waals surface area (Å²) >= 11 is 0. The molecule has 0 bridgehead atoms. The van der Waals surface area contributed by atoms with Gasteiger partial charge in [-0.25, -0.2) is 4.79 Å². The van der Waals surface area contributed by atoms with Crippen molar-refractivity contribution in [2.75, 3.05) is 33.2 Å². The van der Waals surface area contributed by atoms with Crippen LogP contribution in [0, 0.1) is 0 Å². The summed E-state index contributed by atoms with van der Waals surface area (Å²) < 4.78 is 37.5. The zero-order valence-electron chi connectivity index (χ0n) is 12.2. The van der Waals surface area contributed by atoms with Crippen LogP contribution in [-0.4, -0.2) is 55.2 Å². The lowest BCUT2D eigenvalue weighted by molar-refractivity contribution is -0.0883. The minimum absolute atomic E-state index is 0.127. The van der Waals surface area contributed by atoms with E-state index in [4.69, 9.17) is 0 Å². The SMILES string of the molecule is C=C(/C=C\C(=C/C)C(F)(F)F)NC(=O)N1CCN(C)CC1. The van der Waals surface area contributed by atoms with Crippen LogP contribution < -0.4 is 5.32 Å². The molecule has 2 amide bonds. The fraction of sp³-hybridized carbons (Fsp3) is 0.500. The Hall–Kier alpha value is -1.76. The van der Waals surface area contributed by atoms with Crippen molar-refractivity contribution in [3.8, 4) is 0 Å². The predicted molar refractivity (Wildman–Crippen MR) is 75.7 cm³/mol. The van der Waals surface area contributed by atoms with Crippen LogP contribution in [0.25, 0.3) is 0 Å². The zero-order chi connectivity index (χ0) is 16.0. The van der Waals surface area contributed by atoms with Gasteiger partial charge >= 0.3 is 12.2 Å². The fourth-order valence-corrected chi connectivity index (χ4v) is 1.81. The molecule has 0 saturated carbocycles. The lowest BCUT2D eigenvalue weighted by Crippen LogP contribution is -2.50. The number of amides is 2. The molecule has 1 aliphatic rings. The number of carbonyl (C=O) groups is 1. The lowest BCUT2D eigenvalue weighted by Gasteiger charge is -2.32. The number of nitrogens with zero attached hydrogens (tertiary/aromatic N) is 2. The second-order valence-corrected chi connectivity index (χ2v) is 4.82. The first kappa shape index (κ1) is 17.3. The van der Waals surface area contributed by atoms with Crippen LogP contribution in [0.5, 0.6) is 0 Å². The lowest BCUT2D eigenvalue weighted by atomic mass is 10.2. The van der Waals surface area contributed by atoms with Crippen LogP contribution in [0.15, 0.2) is 36.1 Å². The van der Waals surface area contributed by atoms with Crippen molar-refractivity contribution in [2.45, 2.75) is 13.1 Å². The molecule has 1 heterocycles. The Labute approximate surface area is 122 Å². The van der Waals surface area contributed by atoms with Gasteiger partial charge in [-0.05, 0) is 26.1 Å². The van der Waals surface area contributed by atoms with Gasteiger partial charge in [0.25, 0.3) is 0 Å². The van der Waals surface area contributed by atoms with E-state index in [1.54, 1.807) is 4.90 Å². The first-order chi connectivity index (χ1) is 9.74. The summed E-state index contributed by atoms with van der Waals surface area (Å²) in [6.45, 7) is 7.56. The van der Waals surface area contributed by atoms with Crippen LogP contribution in [0.2, 0.25) is 0 Å². The van der Waals surface area contributed by atoms with E-state index in [9.17, 15) is 18.0 Å². The summed E-state index contributed by atoms with van der Waals surface area (Å²) in [5.74, 6) is 0. The molecule has 0 radical (unpaired) electrons. The minimum atomic E-state index is -4.41. The Morgan fingerprint density at radius 1 is 1.19 bits per heavy atom. The molecule has 7 heteroatoms. The molecule has 0 atom stereocenters. The van der Waals surface area contributed by atoms with Crippen molar-refractivity contribution >= 4 is 6.03 Å². The van der Waals surface area contributed by atoms with E-state index in [-0.39, 0.29) is 11.7 Å². The molecule has 1 rings (SSSR count). The Balaban J connectivity index is 2.52. The van der Waals surface area contributed by atoms with Gasteiger partial charge in [0, 0.05) is 31.9 Å². The number of alkyl halides is 3. The van der Waals surface area contributed by atoms with Gasteiger partial charge in [0.05, 0.1) is 5.57 Å². The normalized spacial score (nSPS) is 18.1. The number of likely N-dealkylation sites (N-methyl/N-ethyl adjacent to an activating group) is 1. The highest BCUT2D eigenvalue weighted by Crippen LogP contribution is 2.26. The highest BCUT2D eigenvalue weighted by atomic mass is 19.4. The van der Waals surface area contributed by atoms with Gasteiger partial charge in [-0.15, -0.1) is 0 Å². The van der Waals surface area contributed by atoms with E-state index in [0.29, 0.717) is 13.1 Å². The molecule has 0 aromatic heterocycles. The van der Waals surface area contributed by atoms with Crippen molar-refractivity contribution in [2.24, 2.45) is 0 Å². The predicted octanol–water partition coefficient (Wildman–Crippen LogP) is 2.52. The smallest absolute Gasteiger partial charge is 0.322 e. The molecular formula is C14H20F3N3O. The molecular weight excluding hydrogens is 283 g/mol. The summed E-state index contributed by atoms with van der Waals surface area (Å²) in [4.78, 5) is 15.6. The molecule has 1 fully saturated rings. The number of halogens is 3. The van der Waals surface area contributed by atoms with Gasteiger partial charge in [0.2, 0.25) is 0 Å². The average Bonchev–Trinajstić information content (AvgIpc) is 2.38. The summed E-state index contributed by atoms with van der Waals surface area (Å²) in [6.07, 6.45) is -1.40. The summed E-state index contributed by atoms with van der Waals surface area (Å²) in [6, 6.07) is -0.341. The molecule has 1 aliphatic heterocycles. The van der Waals surface area contributed by atoms with Gasteiger partial charge in [-0.2, -0.15) is 13.2 Å². The fourth-order valence-electron chi connectivity index (χ4n) is 1.81. The van der Waals surface area contributed by atoms with E-state index in [1.165, 1.54) is 6.92 Å². The van der Waals surface area contributed by atoms with Crippen molar-refractivity contribution in [3.05, 3.63) is 36.1 Å². The van der Waals surface area contributed by atoms with Crippen LogP contribution in [0.3, 0.4) is 0 Å². The number of piperazine rings is 1. The molecule has 4 nitrogen and oxygen atoms in total. The Morgan fingerprint density at radius 3 is 2.24 bits per heavy atom. The number of nitrogens with one attached hydrogen (secondary N) is 1. The zero-order valence-corrected chi connectivity index (χ0v) is 12.2. The maximum absolute atomic E-state index is 12.5. The Bertz CT molecular complexity index is 447. The van der Waals surface area contributed by atoms with Gasteiger partial charge in [0.15, 0.2) is 0 Å². The van der Waals surface area contributed by atoms with Crippen molar-refractivity contribution in [1.82, 2.24) is 15.1 Å². The van der Waals surface area contributed by atoms with Gasteiger partial charge in [0.1, 0.15) is 0 Å². The molecule has 21 heavy (non-hydrogen) atoms. The third kappa shape index (κ3) is 5.63. The van der Waals surface area contributed by atoms with Crippen LogP contribution in [0.1, 0.15) is 6.92 Å². The monoisotopic (exact) mass is 303 g/mol. The highest BCUT2D eigenvalue weighted by molar-refractivity contribution is 5.76. The van der Waals surface area contributed by atoms with E-state index in [2.05, 4.69) is 16.8 Å². The average molecular weight is 303 g/mol. The molecule has 0 aromatic rings. The number of urea groups is 1. The van der Waals surface area contributed by atoms with Crippen LogP contribution in [0.4, 0.5) is 18.0 Å². The molecule has 1 N–H and O–H groups in total. The van der Waals surface area contributed by atoms with E-state index in [0.717, 1.165) is 31.3 Å². The Kier molecular flexibility index (Phi) is 6.02. The van der Waals surface area contributed by atoms with Crippen LogP contribution in [-0.2, 0) is 0 Å². The van der Waals surface area contributed by atoms with E-state index < -0.39 is 11.7 Å². The summed E-state index contributed by atoms with van der Waals surface area (Å²) in [7, 11) is 1.96. The quantitative estimate of drug-likeness (QED) is 0.813. The van der Waals surface area contributed by atoms with Crippen molar-refractivity contribution in [1.29, 1.82) is 0 Å². The summed E-state index contributed by atoms with van der Waals surface area (Å²) in [5.41, 5.74) is -0.653. The van der Waals surface area contributed by atoms with E-state index >= 15 is 0 Å². The topological polar surface area (TPSA) is 35.6 Å². The first-order valence-corrected chi connectivity index (χ1v) is 6.59. The third-order valence-electron chi connectivity index (χ3n) is 3.16. The van der Waals surface area contributed by atoms with Crippen molar-refractivity contribution < 1.29 is 18.0 Å². The largest absolute Gasteiger partial charge is 0.416 e. The van der Waals surface area contributed by atoms with E-state index in [1.807, 2.05) is 7.05 Å². The summed E-state index contributed by atoms with van der Waals surface area (Å²) in [5, 5.41) is 2.49. The number of rotatable bonds is 3. The molecule has 0 spiro atoms. The molecule has 0 aliphatic carbocycles. The number of carbonyl (C=O) groups excluding carboxylic acids is 1. The maximum Gasteiger partial charge on any atom is 0.416 e. The number of hydrogen-bond donors (Lipinski definition) is 1. The molecule has 1 saturated heterocycles. The van der Waals surface area contributed by atoms with Crippen molar-refractivity contribution in [3.63, 3.8) is 0 Å². The standard InChI is InChI=1S/C14H20F3N3O/c1-4-12(14(15,16)17)6-5-11(2)18-13(21)20-9-7-19(3)8-10-20/h4-6H,2,7-10H2,1,3H3,(H,18,21)/b6-5-,12-4+. The first-order valence-electron chi connectivity index (χ1n) is 6.59.